The lowest BCUT2D eigenvalue weighted by atomic mass is 10.1. The zero-order valence-electron chi connectivity index (χ0n) is 10.3. The topological polar surface area (TPSA) is 47.0 Å². The average molecular weight is 247 g/mol. The van der Waals surface area contributed by atoms with Crippen molar-refractivity contribution < 1.29 is 9.13 Å². The number of nitrogens with one attached hydrogen (secondary N) is 1. The Kier molecular flexibility index (Phi) is 3.84. The smallest absolute Gasteiger partial charge is 0.165 e. The molecule has 4 nitrogen and oxygen atoms in total. The van der Waals surface area contributed by atoms with Gasteiger partial charge in [0, 0.05) is 12.1 Å². The average Bonchev–Trinajstić information content (AvgIpc) is 2.40. The lowest BCUT2D eigenvalue weighted by Gasteiger charge is -2.05. The van der Waals surface area contributed by atoms with Crippen LogP contribution >= 0.6 is 0 Å². The third-order valence-electron chi connectivity index (χ3n) is 2.53. The highest BCUT2D eigenvalue weighted by molar-refractivity contribution is 5.59. The van der Waals surface area contributed by atoms with E-state index in [4.69, 9.17) is 4.74 Å². The predicted octanol–water partition coefficient (Wildman–Crippen LogP) is 2.01. The molecule has 18 heavy (non-hydrogen) atoms. The lowest BCUT2D eigenvalue weighted by molar-refractivity contribution is 0.386. The molecule has 1 N–H and O–H groups in total. The molecular weight excluding hydrogens is 233 g/mol. The van der Waals surface area contributed by atoms with Crippen LogP contribution in [0.15, 0.2) is 30.3 Å². The molecule has 0 spiro atoms. The van der Waals surface area contributed by atoms with Crippen molar-refractivity contribution in [1.82, 2.24) is 15.5 Å². The highest BCUT2D eigenvalue weighted by atomic mass is 19.1. The summed E-state index contributed by atoms with van der Waals surface area (Å²) in [4.78, 5) is 0. The Morgan fingerprint density at radius 2 is 2.06 bits per heavy atom. The Morgan fingerprint density at radius 1 is 1.22 bits per heavy atom. The Hall–Kier alpha value is -2.01. The molecule has 0 atom stereocenters. The van der Waals surface area contributed by atoms with Crippen LogP contribution in [-0.2, 0) is 6.54 Å². The number of hydrogen-bond donors (Lipinski definition) is 1. The highest BCUT2D eigenvalue weighted by Crippen LogP contribution is 2.23. The van der Waals surface area contributed by atoms with Gasteiger partial charge in [0.25, 0.3) is 0 Å². The van der Waals surface area contributed by atoms with E-state index in [-0.39, 0.29) is 5.75 Å². The molecule has 1 aromatic heterocycles. The summed E-state index contributed by atoms with van der Waals surface area (Å²) >= 11 is 0. The van der Waals surface area contributed by atoms with Gasteiger partial charge in [-0.1, -0.05) is 0 Å². The molecule has 1 heterocycles. The van der Waals surface area contributed by atoms with Crippen molar-refractivity contribution in [3.63, 3.8) is 0 Å². The van der Waals surface area contributed by atoms with Crippen LogP contribution in [0.25, 0.3) is 11.3 Å². The summed E-state index contributed by atoms with van der Waals surface area (Å²) in [5, 5.41) is 11.1. The van der Waals surface area contributed by atoms with Crippen LogP contribution in [-0.4, -0.2) is 24.4 Å². The molecule has 0 unspecified atom stereocenters. The molecule has 0 fully saturated rings. The largest absolute Gasteiger partial charge is 0.494 e. The maximum atomic E-state index is 13.6. The normalized spacial score (nSPS) is 10.4. The van der Waals surface area contributed by atoms with Crippen molar-refractivity contribution in [3.8, 4) is 17.0 Å². The van der Waals surface area contributed by atoms with Crippen molar-refractivity contribution in [2.75, 3.05) is 14.2 Å². The molecule has 0 aliphatic rings. The van der Waals surface area contributed by atoms with E-state index in [0.29, 0.717) is 17.8 Å². The van der Waals surface area contributed by atoms with Gasteiger partial charge in [-0.3, -0.25) is 0 Å². The van der Waals surface area contributed by atoms with E-state index in [1.807, 2.05) is 19.2 Å². The van der Waals surface area contributed by atoms with Crippen LogP contribution in [0.1, 0.15) is 5.69 Å². The van der Waals surface area contributed by atoms with Gasteiger partial charge >= 0.3 is 0 Å². The third kappa shape index (κ3) is 2.62. The van der Waals surface area contributed by atoms with E-state index in [1.165, 1.54) is 13.2 Å². The summed E-state index contributed by atoms with van der Waals surface area (Å²) in [7, 11) is 3.28. The van der Waals surface area contributed by atoms with E-state index in [1.54, 1.807) is 12.1 Å². The molecule has 0 aliphatic heterocycles. The van der Waals surface area contributed by atoms with Crippen molar-refractivity contribution >= 4 is 0 Å². The molecule has 0 amide bonds. The summed E-state index contributed by atoms with van der Waals surface area (Å²) in [6.45, 7) is 0.657. The van der Waals surface area contributed by atoms with Gasteiger partial charge in [0.1, 0.15) is 0 Å². The summed E-state index contributed by atoms with van der Waals surface area (Å²) in [5.74, 6) is -0.186. The van der Waals surface area contributed by atoms with E-state index in [2.05, 4.69) is 15.5 Å². The monoisotopic (exact) mass is 247 g/mol. The van der Waals surface area contributed by atoms with E-state index in [0.717, 1.165) is 5.69 Å². The molecule has 2 aromatic rings. The SMILES string of the molecule is CNCc1ccc(-c2ccc(OC)c(F)c2)nn1. The molecule has 0 saturated heterocycles. The summed E-state index contributed by atoms with van der Waals surface area (Å²) in [5.41, 5.74) is 2.16. The molecule has 1 aromatic carbocycles. The van der Waals surface area contributed by atoms with Crippen molar-refractivity contribution in [1.29, 1.82) is 0 Å². The predicted molar refractivity (Wildman–Crippen MR) is 66.7 cm³/mol. The van der Waals surface area contributed by atoms with Gasteiger partial charge in [0.2, 0.25) is 0 Å². The highest BCUT2D eigenvalue weighted by Gasteiger charge is 2.06. The fraction of sp³-hybridized carbons (Fsp3) is 0.231. The second-order valence-corrected chi connectivity index (χ2v) is 3.79. The number of methoxy groups -OCH3 is 1. The number of ether oxygens (including phenoxy) is 1. The first-order valence-corrected chi connectivity index (χ1v) is 5.55. The van der Waals surface area contributed by atoms with Gasteiger partial charge in [-0.2, -0.15) is 10.2 Å². The number of aromatic nitrogens is 2. The van der Waals surface area contributed by atoms with Gasteiger partial charge in [0.05, 0.1) is 18.5 Å². The Labute approximate surface area is 105 Å². The quantitative estimate of drug-likeness (QED) is 0.897. The van der Waals surface area contributed by atoms with Crippen LogP contribution in [0.5, 0.6) is 5.75 Å². The Bertz CT molecular complexity index is 528. The minimum Gasteiger partial charge on any atom is -0.494 e. The van der Waals surface area contributed by atoms with E-state index < -0.39 is 5.82 Å². The zero-order chi connectivity index (χ0) is 13.0. The number of halogens is 1. The van der Waals surface area contributed by atoms with E-state index in [9.17, 15) is 4.39 Å². The standard InChI is InChI=1S/C13H14FN3O/c1-15-8-10-4-5-12(17-16-10)9-3-6-13(18-2)11(14)7-9/h3-7,15H,8H2,1-2H3. The molecule has 0 aliphatic carbocycles. The molecule has 5 heteroatoms. The number of rotatable bonds is 4. The number of hydrogen-bond acceptors (Lipinski definition) is 4. The van der Waals surface area contributed by atoms with Crippen LogP contribution in [0.2, 0.25) is 0 Å². The Balaban J connectivity index is 2.28. The minimum atomic E-state index is -0.406. The second kappa shape index (κ2) is 5.55. The van der Waals surface area contributed by atoms with Crippen molar-refractivity contribution in [3.05, 3.63) is 41.8 Å². The first-order chi connectivity index (χ1) is 8.74. The second-order valence-electron chi connectivity index (χ2n) is 3.79. The van der Waals surface area contributed by atoms with Crippen molar-refractivity contribution in [2.24, 2.45) is 0 Å². The number of nitrogens with zero attached hydrogens (tertiary/aromatic N) is 2. The Morgan fingerprint density at radius 3 is 2.61 bits per heavy atom. The fourth-order valence-corrected chi connectivity index (χ4v) is 1.61. The molecule has 0 radical (unpaired) electrons. The zero-order valence-corrected chi connectivity index (χ0v) is 10.3. The van der Waals surface area contributed by atoms with Gasteiger partial charge in [-0.25, -0.2) is 4.39 Å². The first-order valence-electron chi connectivity index (χ1n) is 5.55. The molecule has 0 saturated carbocycles. The molecule has 94 valence electrons. The van der Waals surface area contributed by atoms with Gasteiger partial charge in [-0.05, 0) is 37.4 Å². The minimum absolute atomic E-state index is 0.221. The fourth-order valence-electron chi connectivity index (χ4n) is 1.61. The lowest BCUT2D eigenvalue weighted by Crippen LogP contribution is -2.07. The first kappa shape index (κ1) is 12.4. The van der Waals surface area contributed by atoms with E-state index >= 15 is 0 Å². The van der Waals surface area contributed by atoms with Crippen LogP contribution in [0.3, 0.4) is 0 Å². The third-order valence-corrected chi connectivity index (χ3v) is 2.53. The summed E-state index contributed by atoms with van der Waals surface area (Å²) in [6, 6.07) is 8.40. The van der Waals surface area contributed by atoms with Crippen LogP contribution in [0.4, 0.5) is 4.39 Å². The summed E-state index contributed by atoms with van der Waals surface area (Å²) in [6.07, 6.45) is 0. The van der Waals surface area contributed by atoms with Gasteiger partial charge in [0.15, 0.2) is 11.6 Å². The molecular formula is C13H14FN3O. The maximum Gasteiger partial charge on any atom is 0.165 e. The number of benzene rings is 1. The van der Waals surface area contributed by atoms with Crippen molar-refractivity contribution in [2.45, 2.75) is 6.54 Å². The summed E-state index contributed by atoms with van der Waals surface area (Å²) < 4.78 is 18.4. The molecule has 0 bridgehead atoms. The van der Waals surface area contributed by atoms with Crippen LogP contribution in [0, 0.1) is 5.82 Å². The molecule has 2 rings (SSSR count). The van der Waals surface area contributed by atoms with Crippen LogP contribution < -0.4 is 10.1 Å². The van der Waals surface area contributed by atoms with Gasteiger partial charge < -0.3 is 10.1 Å². The maximum absolute atomic E-state index is 13.6. The van der Waals surface area contributed by atoms with Gasteiger partial charge in [-0.15, -0.1) is 0 Å².